The summed E-state index contributed by atoms with van der Waals surface area (Å²) in [6, 6.07) is 11.2. The molecule has 0 spiro atoms. The lowest BCUT2D eigenvalue weighted by atomic mass is 9.98. The van der Waals surface area contributed by atoms with Gasteiger partial charge in [-0.15, -0.1) is 0 Å². The van der Waals surface area contributed by atoms with Crippen LogP contribution in [0.15, 0.2) is 48.8 Å². The predicted octanol–water partition coefficient (Wildman–Crippen LogP) is 3.62. The third kappa shape index (κ3) is 3.22. The molecule has 2 aromatic heterocycles. The van der Waals surface area contributed by atoms with Crippen LogP contribution in [0.2, 0.25) is 0 Å². The first-order valence-corrected chi connectivity index (χ1v) is 9.31. The molecule has 1 aromatic carbocycles. The summed E-state index contributed by atoms with van der Waals surface area (Å²) in [5, 5.41) is 0. The highest BCUT2D eigenvalue weighted by atomic mass is 16.5. The van der Waals surface area contributed by atoms with E-state index in [-0.39, 0.29) is 11.9 Å². The quantitative estimate of drug-likeness (QED) is 0.700. The van der Waals surface area contributed by atoms with Crippen molar-refractivity contribution in [3.05, 3.63) is 71.2 Å². The Kier molecular flexibility index (Phi) is 4.77. The van der Waals surface area contributed by atoms with E-state index < -0.39 is 0 Å². The van der Waals surface area contributed by atoms with E-state index in [9.17, 15) is 4.79 Å². The lowest BCUT2D eigenvalue weighted by Gasteiger charge is -2.34. The summed E-state index contributed by atoms with van der Waals surface area (Å²) in [4.78, 5) is 28.5. The van der Waals surface area contributed by atoms with Gasteiger partial charge in [0.2, 0.25) is 0 Å². The number of nitrogens with zero attached hydrogens (tertiary/aromatic N) is 4. The van der Waals surface area contributed by atoms with Crippen LogP contribution in [0.5, 0.6) is 5.75 Å². The van der Waals surface area contributed by atoms with Crippen LogP contribution in [0.25, 0.3) is 11.5 Å². The number of carbonyl (C=O) groups is 1. The standard InChI is InChI=1S/C22H22N4O2/c1-14-7-8-16(12-20(14)28-3)22(27)26-11-9-18-17(15(26)2)13-24-21(25-18)19-6-4-5-10-23-19/h4-8,10,12-13,15H,9,11H2,1-3H3. The first kappa shape index (κ1) is 18.1. The maximum Gasteiger partial charge on any atom is 0.254 e. The largest absolute Gasteiger partial charge is 0.496 e. The Bertz CT molecular complexity index is 1020. The fraction of sp³-hybridized carbons (Fsp3) is 0.273. The SMILES string of the molecule is COc1cc(C(=O)N2CCc3nc(-c4ccccn4)ncc3C2C)ccc1C. The number of pyridine rings is 1. The van der Waals surface area contributed by atoms with Crippen molar-refractivity contribution >= 4 is 5.91 Å². The zero-order chi connectivity index (χ0) is 19.7. The molecule has 1 aliphatic rings. The lowest BCUT2D eigenvalue weighted by Crippen LogP contribution is -2.39. The van der Waals surface area contributed by atoms with Gasteiger partial charge in [0, 0.05) is 36.5 Å². The highest BCUT2D eigenvalue weighted by Gasteiger charge is 2.30. The van der Waals surface area contributed by atoms with E-state index in [1.165, 1.54) is 0 Å². The fourth-order valence-corrected chi connectivity index (χ4v) is 3.58. The number of carbonyl (C=O) groups excluding carboxylic acids is 1. The Morgan fingerprint density at radius 2 is 2.07 bits per heavy atom. The van der Waals surface area contributed by atoms with Gasteiger partial charge in [0.05, 0.1) is 18.8 Å². The molecule has 142 valence electrons. The molecule has 0 fully saturated rings. The molecule has 1 atom stereocenters. The zero-order valence-corrected chi connectivity index (χ0v) is 16.2. The zero-order valence-electron chi connectivity index (χ0n) is 16.2. The minimum Gasteiger partial charge on any atom is -0.496 e. The number of aryl methyl sites for hydroxylation is 1. The number of ether oxygens (including phenoxy) is 1. The molecule has 28 heavy (non-hydrogen) atoms. The Morgan fingerprint density at radius 3 is 2.82 bits per heavy atom. The molecule has 1 amide bonds. The molecule has 0 radical (unpaired) electrons. The molecule has 0 saturated carbocycles. The van der Waals surface area contributed by atoms with Gasteiger partial charge >= 0.3 is 0 Å². The molecular weight excluding hydrogens is 352 g/mol. The molecule has 3 aromatic rings. The first-order chi connectivity index (χ1) is 13.6. The van der Waals surface area contributed by atoms with E-state index in [1.807, 2.05) is 55.3 Å². The molecule has 0 N–H and O–H groups in total. The van der Waals surface area contributed by atoms with Gasteiger partial charge in [0.1, 0.15) is 11.4 Å². The van der Waals surface area contributed by atoms with Crippen LogP contribution in [0.1, 0.15) is 40.1 Å². The Balaban J connectivity index is 1.61. The summed E-state index contributed by atoms with van der Waals surface area (Å²) in [5.74, 6) is 1.33. The molecule has 0 aliphatic carbocycles. The average Bonchev–Trinajstić information content (AvgIpc) is 2.74. The summed E-state index contributed by atoms with van der Waals surface area (Å²) in [7, 11) is 1.62. The van der Waals surface area contributed by atoms with Crippen molar-refractivity contribution < 1.29 is 9.53 Å². The number of hydrogen-bond acceptors (Lipinski definition) is 5. The van der Waals surface area contributed by atoms with Crippen molar-refractivity contribution in [2.24, 2.45) is 0 Å². The first-order valence-electron chi connectivity index (χ1n) is 9.31. The maximum absolute atomic E-state index is 13.1. The van der Waals surface area contributed by atoms with Gasteiger partial charge in [0.25, 0.3) is 5.91 Å². The third-order valence-corrected chi connectivity index (χ3v) is 5.22. The number of rotatable bonds is 3. The second-order valence-corrected chi connectivity index (χ2v) is 6.92. The molecular formula is C22H22N4O2. The molecule has 1 aliphatic heterocycles. The van der Waals surface area contributed by atoms with E-state index in [0.29, 0.717) is 24.4 Å². The second-order valence-electron chi connectivity index (χ2n) is 6.92. The van der Waals surface area contributed by atoms with Crippen molar-refractivity contribution in [2.45, 2.75) is 26.3 Å². The minimum absolute atomic E-state index is 0.00903. The van der Waals surface area contributed by atoms with Crippen LogP contribution in [0.4, 0.5) is 0 Å². The van der Waals surface area contributed by atoms with Gasteiger partial charge in [-0.1, -0.05) is 12.1 Å². The Labute approximate surface area is 164 Å². The molecule has 0 saturated heterocycles. The Hall–Kier alpha value is -3.28. The van der Waals surface area contributed by atoms with Crippen LogP contribution >= 0.6 is 0 Å². The molecule has 0 bridgehead atoms. The van der Waals surface area contributed by atoms with Gasteiger partial charge in [-0.05, 0) is 43.7 Å². The number of fused-ring (bicyclic) bond motifs is 1. The Morgan fingerprint density at radius 1 is 1.21 bits per heavy atom. The third-order valence-electron chi connectivity index (χ3n) is 5.22. The highest BCUT2D eigenvalue weighted by Crippen LogP contribution is 2.31. The lowest BCUT2D eigenvalue weighted by molar-refractivity contribution is 0.0675. The van der Waals surface area contributed by atoms with Crippen LogP contribution in [-0.2, 0) is 6.42 Å². The van der Waals surface area contributed by atoms with Crippen molar-refractivity contribution in [1.29, 1.82) is 0 Å². The van der Waals surface area contributed by atoms with Gasteiger partial charge in [-0.3, -0.25) is 9.78 Å². The highest BCUT2D eigenvalue weighted by molar-refractivity contribution is 5.95. The average molecular weight is 374 g/mol. The van der Waals surface area contributed by atoms with E-state index in [0.717, 1.165) is 28.3 Å². The summed E-state index contributed by atoms with van der Waals surface area (Å²) in [5.41, 5.74) is 4.35. The van der Waals surface area contributed by atoms with Crippen molar-refractivity contribution in [3.8, 4) is 17.3 Å². The number of methoxy groups -OCH3 is 1. The summed E-state index contributed by atoms with van der Waals surface area (Å²) in [6.45, 7) is 4.59. The maximum atomic E-state index is 13.1. The predicted molar refractivity (Wildman–Crippen MR) is 106 cm³/mol. The van der Waals surface area contributed by atoms with E-state index in [1.54, 1.807) is 19.4 Å². The number of aromatic nitrogens is 3. The van der Waals surface area contributed by atoms with Crippen LogP contribution in [0, 0.1) is 6.92 Å². The number of amides is 1. The number of benzene rings is 1. The van der Waals surface area contributed by atoms with Crippen LogP contribution in [-0.4, -0.2) is 39.4 Å². The van der Waals surface area contributed by atoms with Gasteiger partial charge in [-0.25, -0.2) is 9.97 Å². The molecule has 6 heteroatoms. The monoisotopic (exact) mass is 374 g/mol. The van der Waals surface area contributed by atoms with Crippen LogP contribution in [0.3, 0.4) is 0 Å². The molecule has 3 heterocycles. The normalized spacial score (nSPS) is 15.8. The van der Waals surface area contributed by atoms with Crippen molar-refractivity contribution in [2.75, 3.05) is 13.7 Å². The molecule has 1 unspecified atom stereocenters. The van der Waals surface area contributed by atoms with Gasteiger partial charge < -0.3 is 9.64 Å². The minimum atomic E-state index is -0.0960. The fourth-order valence-electron chi connectivity index (χ4n) is 3.58. The van der Waals surface area contributed by atoms with E-state index in [4.69, 9.17) is 9.72 Å². The van der Waals surface area contributed by atoms with E-state index >= 15 is 0 Å². The van der Waals surface area contributed by atoms with Gasteiger partial charge in [0.15, 0.2) is 5.82 Å². The van der Waals surface area contributed by atoms with E-state index in [2.05, 4.69) is 9.97 Å². The smallest absolute Gasteiger partial charge is 0.254 e. The topological polar surface area (TPSA) is 68.2 Å². The second kappa shape index (κ2) is 7.38. The molecule has 6 nitrogen and oxygen atoms in total. The van der Waals surface area contributed by atoms with Gasteiger partial charge in [-0.2, -0.15) is 0 Å². The summed E-state index contributed by atoms with van der Waals surface area (Å²) < 4.78 is 5.36. The summed E-state index contributed by atoms with van der Waals surface area (Å²) in [6.07, 6.45) is 4.25. The van der Waals surface area contributed by atoms with Crippen molar-refractivity contribution in [3.63, 3.8) is 0 Å². The van der Waals surface area contributed by atoms with Crippen molar-refractivity contribution in [1.82, 2.24) is 19.9 Å². The molecule has 4 rings (SSSR count). The number of hydrogen-bond donors (Lipinski definition) is 0. The summed E-state index contributed by atoms with van der Waals surface area (Å²) >= 11 is 0. The van der Waals surface area contributed by atoms with Crippen LogP contribution < -0.4 is 4.74 Å².